The number of alkyl halides is 3. The van der Waals surface area contributed by atoms with Crippen molar-refractivity contribution in [2.45, 2.75) is 13.1 Å². The van der Waals surface area contributed by atoms with Gasteiger partial charge in [0.15, 0.2) is 0 Å². The molecule has 0 radical (unpaired) electrons. The van der Waals surface area contributed by atoms with Gasteiger partial charge >= 0.3 is 6.18 Å². The van der Waals surface area contributed by atoms with Gasteiger partial charge in [-0.1, -0.05) is 36.4 Å². The van der Waals surface area contributed by atoms with Crippen molar-refractivity contribution in [3.8, 4) is 0 Å². The maximum absolute atomic E-state index is 13.4. The third kappa shape index (κ3) is 5.23. The fourth-order valence-electron chi connectivity index (χ4n) is 3.45. The molecule has 0 bridgehead atoms. The van der Waals surface area contributed by atoms with Crippen molar-refractivity contribution < 1.29 is 22.4 Å². The molecule has 0 saturated carbocycles. The Morgan fingerprint density at radius 3 is 2.29 bits per heavy atom. The summed E-state index contributed by atoms with van der Waals surface area (Å²) in [5, 5.41) is 3.77. The number of aromatic nitrogens is 1. The molecule has 0 spiro atoms. The van der Waals surface area contributed by atoms with E-state index < -0.39 is 17.6 Å². The molecule has 4 rings (SSSR count). The molecule has 8 heteroatoms. The summed E-state index contributed by atoms with van der Waals surface area (Å²) in [6, 6.07) is 12.1. The first-order valence-corrected chi connectivity index (χ1v) is 11.0. The number of rotatable bonds is 5. The lowest BCUT2D eigenvalue weighted by atomic mass is 9.96. The van der Waals surface area contributed by atoms with E-state index in [1.54, 1.807) is 18.5 Å². The van der Waals surface area contributed by atoms with E-state index in [-0.39, 0.29) is 5.91 Å². The molecule has 3 nitrogen and oxygen atoms in total. The maximum atomic E-state index is 13.4. The minimum Gasteiger partial charge on any atom is -0.321 e. The van der Waals surface area contributed by atoms with Crippen LogP contribution in [0.4, 0.5) is 23.2 Å². The SMILES string of the molecule is Cc1sc2cnccc2c1NC(=O)C=CC=C(c1ccc(F)cc1)c1ccc(C(F)(F)F)cc1. The van der Waals surface area contributed by atoms with Crippen molar-refractivity contribution in [2.75, 3.05) is 5.32 Å². The number of fused-ring (bicyclic) bond motifs is 1. The van der Waals surface area contributed by atoms with E-state index in [0.717, 1.165) is 27.1 Å². The van der Waals surface area contributed by atoms with E-state index in [1.165, 1.54) is 59.9 Å². The fraction of sp³-hybridized carbons (Fsp3) is 0.0769. The molecule has 1 amide bonds. The van der Waals surface area contributed by atoms with Crippen LogP contribution in [0.25, 0.3) is 15.7 Å². The van der Waals surface area contributed by atoms with Crippen LogP contribution in [-0.2, 0) is 11.0 Å². The van der Waals surface area contributed by atoms with Gasteiger partial charge in [0.2, 0.25) is 5.91 Å². The average Bonchev–Trinajstić information content (AvgIpc) is 3.12. The van der Waals surface area contributed by atoms with E-state index in [2.05, 4.69) is 10.3 Å². The van der Waals surface area contributed by atoms with Gasteiger partial charge in [0.05, 0.1) is 16.0 Å². The highest BCUT2D eigenvalue weighted by molar-refractivity contribution is 7.19. The first-order valence-electron chi connectivity index (χ1n) is 10.2. The van der Waals surface area contributed by atoms with Crippen LogP contribution in [0.2, 0.25) is 0 Å². The van der Waals surface area contributed by atoms with Crippen LogP contribution in [0.1, 0.15) is 21.6 Å². The van der Waals surface area contributed by atoms with Crippen LogP contribution in [0.15, 0.2) is 85.2 Å². The Hall–Kier alpha value is -3.78. The Morgan fingerprint density at radius 2 is 1.65 bits per heavy atom. The predicted octanol–water partition coefficient (Wildman–Crippen LogP) is 7.39. The predicted molar refractivity (Wildman–Crippen MR) is 127 cm³/mol. The molecule has 2 heterocycles. The quantitative estimate of drug-likeness (QED) is 0.183. The number of pyridine rings is 1. The molecule has 172 valence electrons. The Labute approximate surface area is 197 Å². The number of thiophene rings is 1. The molecule has 0 aliphatic carbocycles. The standard InChI is InChI=1S/C26H18F4N2OS/c1-16-25(22-13-14-31-15-23(22)34-16)32-24(33)4-2-3-21(18-7-11-20(27)12-8-18)17-5-9-19(10-6-17)26(28,29)30/h2-15H,1H3,(H,32,33). The maximum Gasteiger partial charge on any atom is 0.416 e. The Bertz CT molecular complexity index is 1390. The van der Waals surface area contributed by atoms with Crippen molar-refractivity contribution in [2.24, 2.45) is 0 Å². The van der Waals surface area contributed by atoms with Gasteiger partial charge in [-0.15, -0.1) is 11.3 Å². The van der Waals surface area contributed by atoms with Gasteiger partial charge < -0.3 is 5.32 Å². The van der Waals surface area contributed by atoms with Gasteiger partial charge in [-0.3, -0.25) is 9.78 Å². The van der Waals surface area contributed by atoms with Crippen molar-refractivity contribution in [1.29, 1.82) is 0 Å². The minimum absolute atomic E-state index is 0.360. The van der Waals surface area contributed by atoms with Crippen LogP contribution in [-0.4, -0.2) is 10.9 Å². The summed E-state index contributed by atoms with van der Waals surface area (Å²) in [5.74, 6) is -0.791. The molecule has 2 aromatic carbocycles. The molecule has 0 unspecified atom stereocenters. The smallest absolute Gasteiger partial charge is 0.321 e. The van der Waals surface area contributed by atoms with Crippen molar-refractivity contribution in [3.05, 3.63) is 113 Å². The van der Waals surface area contributed by atoms with Crippen LogP contribution in [0, 0.1) is 12.7 Å². The summed E-state index contributed by atoms with van der Waals surface area (Å²) in [4.78, 5) is 17.6. The number of nitrogens with zero attached hydrogens (tertiary/aromatic N) is 1. The topological polar surface area (TPSA) is 42.0 Å². The molecule has 1 N–H and O–H groups in total. The van der Waals surface area contributed by atoms with Gasteiger partial charge in [0, 0.05) is 28.7 Å². The number of hydrogen-bond donors (Lipinski definition) is 1. The van der Waals surface area contributed by atoms with Crippen molar-refractivity contribution >= 4 is 38.6 Å². The molecule has 0 saturated heterocycles. The molecule has 0 aliphatic rings. The largest absolute Gasteiger partial charge is 0.416 e. The van der Waals surface area contributed by atoms with Crippen molar-refractivity contribution in [3.63, 3.8) is 0 Å². The molecular weight excluding hydrogens is 464 g/mol. The molecule has 0 aliphatic heterocycles. The van der Waals surface area contributed by atoms with E-state index in [4.69, 9.17) is 0 Å². The third-order valence-electron chi connectivity index (χ3n) is 5.11. The number of carbonyl (C=O) groups is 1. The number of carbonyl (C=O) groups excluding carboxylic acids is 1. The first kappa shape index (κ1) is 23.4. The molecule has 2 aromatic heterocycles. The second kappa shape index (κ2) is 9.61. The Morgan fingerprint density at radius 1 is 1.00 bits per heavy atom. The highest BCUT2D eigenvalue weighted by Gasteiger charge is 2.30. The molecule has 4 aromatic rings. The van der Waals surface area contributed by atoms with Crippen LogP contribution < -0.4 is 5.32 Å². The number of allylic oxidation sites excluding steroid dienone is 2. The monoisotopic (exact) mass is 482 g/mol. The average molecular weight is 483 g/mol. The van der Waals surface area contributed by atoms with E-state index in [1.807, 2.05) is 13.0 Å². The minimum atomic E-state index is -4.45. The fourth-order valence-corrected chi connectivity index (χ4v) is 4.44. The third-order valence-corrected chi connectivity index (χ3v) is 6.16. The Kier molecular flexibility index (Phi) is 6.61. The molecule has 34 heavy (non-hydrogen) atoms. The zero-order valence-electron chi connectivity index (χ0n) is 17.9. The van der Waals surface area contributed by atoms with Crippen molar-refractivity contribution in [1.82, 2.24) is 4.98 Å². The zero-order valence-corrected chi connectivity index (χ0v) is 18.7. The lowest BCUT2D eigenvalue weighted by molar-refractivity contribution is -0.137. The number of aryl methyl sites for hydroxylation is 1. The lowest BCUT2D eigenvalue weighted by Gasteiger charge is -2.11. The second-order valence-electron chi connectivity index (χ2n) is 7.42. The molecule has 0 atom stereocenters. The number of amides is 1. The summed E-state index contributed by atoms with van der Waals surface area (Å²) >= 11 is 1.52. The van der Waals surface area contributed by atoms with Gasteiger partial charge in [-0.05, 0) is 54.0 Å². The van der Waals surface area contributed by atoms with Crippen LogP contribution >= 0.6 is 11.3 Å². The summed E-state index contributed by atoms with van der Waals surface area (Å²) in [7, 11) is 0. The highest BCUT2D eigenvalue weighted by Crippen LogP contribution is 2.34. The normalized spacial score (nSPS) is 12.4. The number of anilines is 1. The lowest BCUT2D eigenvalue weighted by Crippen LogP contribution is -2.08. The summed E-state index contributed by atoms with van der Waals surface area (Å²) in [5.41, 5.74) is 1.58. The van der Waals surface area contributed by atoms with E-state index >= 15 is 0 Å². The van der Waals surface area contributed by atoms with E-state index in [9.17, 15) is 22.4 Å². The summed E-state index contributed by atoms with van der Waals surface area (Å²) in [6.07, 6.45) is 3.39. The molecular formula is C26H18F4N2OS. The summed E-state index contributed by atoms with van der Waals surface area (Å²) < 4.78 is 53.2. The van der Waals surface area contributed by atoms with E-state index in [0.29, 0.717) is 22.4 Å². The van der Waals surface area contributed by atoms with Gasteiger partial charge in [0.1, 0.15) is 5.82 Å². The second-order valence-corrected chi connectivity index (χ2v) is 8.67. The van der Waals surface area contributed by atoms with Gasteiger partial charge in [-0.25, -0.2) is 4.39 Å². The van der Waals surface area contributed by atoms with Gasteiger partial charge in [-0.2, -0.15) is 13.2 Å². The van der Waals surface area contributed by atoms with Gasteiger partial charge in [0.25, 0.3) is 0 Å². The highest BCUT2D eigenvalue weighted by atomic mass is 32.1. The summed E-state index contributed by atoms with van der Waals surface area (Å²) in [6.45, 7) is 1.90. The molecule has 0 fully saturated rings. The number of hydrogen-bond acceptors (Lipinski definition) is 3. The number of halogens is 4. The first-order chi connectivity index (χ1) is 16.2. The van der Waals surface area contributed by atoms with Crippen LogP contribution in [0.3, 0.4) is 0 Å². The number of benzene rings is 2. The zero-order chi connectivity index (χ0) is 24.3. The Balaban J connectivity index is 1.61. The van der Waals surface area contributed by atoms with Crippen LogP contribution in [0.5, 0.6) is 0 Å². The number of nitrogens with one attached hydrogen (secondary N) is 1.